The van der Waals surface area contributed by atoms with Gasteiger partial charge in [-0.2, -0.15) is 0 Å². The summed E-state index contributed by atoms with van der Waals surface area (Å²) in [5.41, 5.74) is 2.85. The normalized spacial score (nSPS) is 17.6. The third-order valence-electron chi connectivity index (χ3n) is 3.61. The fourth-order valence-corrected chi connectivity index (χ4v) is 2.63. The molecular formula is C16H23NO2. The fourth-order valence-electron chi connectivity index (χ4n) is 2.63. The minimum Gasteiger partial charge on any atom is -0.502 e. The third kappa shape index (κ3) is 3.74. The predicted octanol–water partition coefficient (Wildman–Crippen LogP) is 3.21. The highest BCUT2D eigenvalue weighted by molar-refractivity contribution is 5.39. The molecule has 2 rings (SSSR count). The van der Waals surface area contributed by atoms with E-state index >= 15 is 0 Å². The van der Waals surface area contributed by atoms with E-state index in [1.807, 2.05) is 0 Å². The number of methoxy groups -OCH3 is 1. The molecule has 0 fully saturated rings. The van der Waals surface area contributed by atoms with Crippen LogP contribution in [0.3, 0.4) is 0 Å². The molecule has 1 N–H and O–H groups in total. The molecule has 0 spiro atoms. The van der Waals surface area contributed by atoms with E-state index in [4.69, 9.17) is 9.47 Å². The minimum absolute atomic E-state index is 0.447. The number of hydrogen-bond donors (Lipinski definition) is 1. The lowest BCUT2D eigenvalue weighted by Crippen LogP contribution is -2.26. The van der Waals surface area contributed by atoms with Gasteiger partial charge >= 0.3 is 0 Å². The van der Waals surface area contributed by atoms with Gasteiger partial charge in [0, 0.05) is 6.04 Å². The smallest absolute Gasteiger partial charge is 0.119 e. The highest BCUT2D eigenvalue weighted by atomic mass is 16.5. The second kappa shape index (κ2) is 7.19. The highest BCUT2D eigenvalue weighted by Gasteiger charge is 2.19. The van der Waals surface area contributed by atoms with Crippen molar-refractivity contribution in [2.24, 2.45) is 0 Å². The van der Waals surface area contributed by atoms with Gasteiger partial charge in [-0.25, -0.2) is 0 Å². The molecule has 0 heterocycles. The Hall–Kier alpha value is -1.48. The topological polar surface area (TPSA) is 30.5 Å². The zero-order valence-electron chi connectivity index (χ0n) is 11.7. The molecule has 19 heavy (non-hydrogen) atoms. The van der Waals surface area contributed by atoms with Crippen LogP contribution >= 0.6 is 0 Å². The molecule has 1 aliphatic rings. The van der Waals surface area contributed by atoms with Crippen LogP contribution in [0.2, 0.25) is 0 Å². The van der Waals surface area contributed by atoms with Gasteiger partial charge in [0.15, 0.2) is 0 Å². The number of aryl methyl sites for hydroxylation is 1. The number of nitrogens with one attached hydrogen (secondary N) is 1. The second-order valence-corrected chi connectivity index (χ2v) is 4.85. The molecule has 3 heteroatoms. The molecular weight excluding hydrogens is 238 g/mol. The van der Waals surface area contributed by atoms with Crippen LogP contribution in [-0.4, -0.2) is 20.3 Å². The molecule has 1 aliphatic carbocycles. The zero-order valence-corrected chi connectivity index (χ0v) is 11.7. The SMILES string of the molecule is C=COCCCNC1CCCc2ccc(OC)cc21. The third-order valence-corrected chi connectivity index (χ3v) is 3.61. The van der Waals surface area contributed by atoms with Crippen molar-refractivity contribution in [1.29, 1.82) is 0 Å². The summed E-state index contributed by atoms with van der Waals surface area (Å²) in [5, 5.41) is 3.62. The lowest BCUT2D eigenvalue weighted by molar-refractivity contribution is 0.242. The molecule has 3 nitrogen and oxygen atoms in total. The largest absolute Gasteiger partial charge is 0.502 e. The lowest BCUT2D eigenvalue weighted by Gasteiger charge is -2.27. The van der Waals surface area contributed by atoms with Crippen LogP contribution in [0, 0.1) is 0 Å². The zero-order chi connectivity index (χ0) is 13.5. The Bertz CT molecular complexity index is 417. The molecule has 1 unspecified atom stereocenters. The van der Waals surface area contributed by atoms with Crippen molar-refractivity contribution in [3.63, 3.8) is 0 Å². The van der Waals surface area contributed by atoms with E-state index in [1.165, 1.54) is 36.7 Å². The first-order chi connectivity index (χ1) is 9.35. The predicted molar refractivity (Wildman–Crippen MR) is 77.4 cm³/mol. The molecule has 0 aliphatic heterocycles. The molecule has 1 aromatic rings. The van der Waals surface area contributed by atoms with Crippen molar-refractivity contribution in [2.45, 2.75) is 31.7 Å². The van der Waals surface area contributed by atoms with Crippen LogP contribution in [0.4, 0.5) is 0 Å². The summed E-state index contributed by atoms with van der Waals surface area (Å²) < 4.78 is 10.5. The summed E-state index contributed by atoms with van der Waals surface area (Å²) in [4.78, 5) is 0. The summed E-state index contributed by atoms with van der Waals surface area (Å²) in [6.07, 6.45) is 6.13. The lowest BCUT2D eigenvalue weighted by atomic mass is 9.87. The first kappa shape index (κ1) is 13.9. The standard InChI is InChI=1S/C16H23NO2/c1-3-19-11-5-10-17-16-7-4-6-13-8-9-14(18-2)12-15(13)16/h3,8-9,12,16-17H,1,4-7,10-11H2,2H3. The Morgan fingerprint density at radius 2 is 2.37 bits per heavy atom. The van der Waals surface area contributed by atoms with Gasteiger partial charge in [-0.1, -0.05) is 12.6 Å². The van der Waals surface area contributed by atoms with E-state index in [1.54, 1.807) is 7.11 Å². The number of benzene rings is 1. The van der Waals surface area contributed by atoms with Crippen molar-refractivity contribution < 1.29 is 9.47 Å². The van der Waals surface area contributed by atoms with Gasteiger partial charge < -0.3 is 14.8 Å². The average Bonchev–Trinajstić information content (AvgIpc) is 2.46. The van der Waals surface area contributed by atoms with Gasteiger partial charge in [0.2, 0.25) is 0 Å². The van der Waals surface area contributed by atoms with E-state index < -0.39 is 0 Å². The van der Waals surface area contributed by atoms with Crippen LogP contribution in [0.25, 0.3) is 0 Å². The monoisotopic (exact) mass is 261 g/mol. The first-order valence-corrected chi connectivity index (χ1v) is 6.98. The second-order valence-electron chi connectivity index (χ2n) is 4.85. The van der Waals surface area contributed by atoms with Crippen LogP contribution in [0.1, 0.15) is 36.4 Å². The van der Waals surface area contributed by atoms with Crippen molar-refractivity contribution >= 4 is 0 Å². The number of rotatable bonds is 7. The van der Waals surface area contributed by atoms with Gasteiger partial charge in [-0.15, -0.1) is 0 Å². The molecule has 1 atom stereocenters. The van der Waals surface area contributed by atoms with Crippen LogP contribution < -0.4 is 10.1 Å². The summed E-state index contributed by atoms with van der Waals surface area (Å²) >= 11 is 0. The van der Waals surface area contributed by atoms with Gasteiger partial charge in [-0.05, 0) is 55.5 Å². The highest BCUT2D eigenvalue weighted by Crippen LogP contribution is 2.32. The quantitative estimate of drug-likeness (QED) is 0.604. The van der Waals surface area contributed by atoms with Gasteiger partial charge in [0.1, 0.15) is 5.75 Å². The molecule has 0 aromatic heterocycles. The Morgan fingerprint density at radius 1 is 1.47 bits per heavy atom. The van der Waals surface area contributed by atoms with E-state index in [0.717, 1.165) is 25.3 Å². The summed E-state index contributed by atoms with van der Waals surface area (Å²) in [6.45, 7) is 5.24. The summed E-state index contributed by atoms with van der Waals surface area (Å²) in [5.74, 6) is 0.947. The maximum atomic E-state index is 5.33. The molecule has 0 saturated carbocycles. The van der Waals surface area contributed by atoms with E-state index in [-0.39, 0.29) is 0 Å². The van der Waals surface area contributed by atoms with Gasteiger partial charge in [0.25, 0.3) is 0 Å². The fraction of sp³-hybridized carbons (Fsp3) is 0.500. The van der Waals surface area contributed by atoms with Crippen LogP contribution in [-0.2, 0) is 11.2 Å². The summed E-state index contributed by atoms with van der Waals surface area (Å²) in [6, 6.07) is 6.87. The molecule has 1 aromatic carbocycles. The Morgan fingerprint density at radius 3 is 3.16 bits per heavy atom. The van der Waals surface area contributed by atoms with E-state index in [9.17, 15) is 0 Å². The Labute approximate surface area is 115 Å². The van der Waals surface area contributed by atoms with Crippen molar-refractivity contribution in [3.05, 3.63) is 42.2 Å². The maximum Gasteiger partial charge on any atom is 0.119 e. The number of ether oxygens (including phenoxy) is 2. The maximum absolute atomic E-state index is 5.33. The molecule has 0 radical (unpaired) electrons. The minimum atomic E-state index is 0.447. The molecule has 0 bridgehead atoms. The number of hydrogen-bond acceptors (Lipinski definition) is 3. The Kier molecular flexibility index (Phi) is 5.28. The first-order valence-electron chi connectivity index (χ1n) is 6.98. The molecule has 0 saturated heterocycles. The van der Waals surface area contributed by atoms with E-state index in [0.29, 0.717) is 6.04 Å². The Balaban J connectivity index is 1.94. The van der Waals surface area contributed by atoms with E-state index in [2.05, 4.69) is 30.1 Å². The van der Waals surface area contributed by atoms with Crippen LogP contribution in [0.5, 0.6) is 5.75 Å². The van der Waals surface area contributed by atoms with Gasteiger partial charge in [0.05, 0.1) is 20.0 Å². The van der Waals surface area contributed by atoms with Crippen LogP contribution in [0.15, 0.2) is 31.0 Å². The van der Waals surface area contributed by atoms with Crippen molar-refractivity contribution in [3.8, 4) is 5.75 Å². The van der Waals surface area contributed by atoms with Crippen molar-refractivity contribution in [1.82, 2.24) is 5.32 Å². The summed E-state index contributed by atoms with van der Waals surface area (Å²) in [7, 11) is 1.72. The molecule has 104 valence electrons. The number of fused-ring (bicyclic) bond motifs is 1. The van der Waals surface area contributed by atoms with Crippen molar-refractivity contribution in [2.75, 3.05) is 20.3 Å². The molecule has 0 amide bonds. The average molecular weight is 261 g/mol. The van der Waals surface area contributed by atoms with Gasteiger partial charge in [-0.3, -0.25) is 0 Å².